The molecule has 1 atom stereocenters. The summed E-state index contributed by atoms with van der Waals surface area (Å²) in [4.78, 5) is 4.13. The van der Waals surface area contributed by atoms with Crippen molar-refractivity contribution in [3.8, 4) is 0 Å². The fourth-order valence-electron chi connectivity index (χ4n) is 2.08. The van der Waals surface area contributed by atoms with Crippen molar-refractivity contribution in [3.63, 3.8) is 0 Å². The summed E-state index contributed by atoms with van der Waals surface area (Å²) in [5, 5.41) is 0. The van der Waals surface area contributed by atoms with Crippen molar-refractivity contribution < 1.29 is 25.8 Å². The number of rotatable bonds is 2. The van der Waals surface area contributed by atoms with E-state index >= 15 is 0 Å². The van der Waals surface area contributed by atoms with E-state index in [1.54, 1.807) is 0 Å². The molecule has 0 N–H and O–H groups in total. The summed E-state index contributed by atoms with van der Waals surface area (Å²) in [6.45, 7) is -3.28. The second-order valence-corrected chi connectivity index (χ2v) is 6.22. The maximum atomic E-state index is 8.45. The van der Waals surface area contributed by atoms with Crippen LogP contribution in [0.5, 0.6) is 0 Å². The average Bonchev–Trinajstić information content (AvgIpc) is 2.86. The molecule has 2 aliphatic heterocycles. The molecule has 2 saturated heterocycles. The van der Waals surface area contributed by atoms with Gasteiger partial charge in [-0.2, -0.15) is 0 Å². The van der Waals surface area contributed by atoms with Gasteiger partial charge in [-0.25, -0.2) is 4.98 Å². The van der Waals surface area contributed by atoms with Crippen LogP contribution in [0.15, 0.2) is 18.3 Å². The van der Waals surface area contributed by atoms with E-state index in [4.69, 9.17) is 25.8 Å². The molecule has 0 amide bonds. The molecule has 120 valence electrons. The fraction of sp³-hybridized carbons (Fsp3) is 0.706. The molecule has 3 rings (SSSR count). The molecule has 1 aromatic heterocycles. The van der Waals surface area contributed by atoms with Gasteiger partial charge in [0.2, 0.25) is 0 Å². The maximum absolute atomic E-state index is 8.45. The van der Waals surface area contributed by atoms with Crippen molar-refractivity contribution in [2.75, 3.05) is 17.9 Å². The number of aromatic nitrogens is 1. The molecule has 0 saturated carbocycles. The number of anilines is 1. The molecule has 22 heavy (non-hydrogen) atoms. The van der Waals surface area contributed by atoms with Gasteiger partial charge in [-0.05, 0) is 52.4 Å². The molecule has 4 nitrogen and oxygen atoms in total. The Kier molecular flexibility index (Phi) is 1.72. The summed E-state index contributed by atoms with van der Waals surface area (Å²) >= 11 is 0. The van der Waals surface area contributed by atoms with Gasteiger partial charge in [-0.3, -0.25) is 0 Å². The first-order valence-corrected chi connectivity index (χ1v) is 7.02. The van der Waals surface area contributed by atoms with Gasteiger partial charge in [-0.1, -0.05) is 12.9 Å². The maximum Gasteiger partial charge on any atom is 0.496 e. The second-order valence-electron chi connectivity index (χ2n) is 6.22. The van der Waals surface area contributed by atoms with Crippen LogP contribution in [-0.2, 0) is 9.31 Å². The van der Waals surface area contributed by atoms with Gasteiger partial charge in [0, 0.05) is 41.1 Å². The highest BCUT2D eigenvalue weighted by molar-refractivity contribution is 6.62. The largest absolute Gasteiger partial charge is 0.496 e. The Hall–Kier alpha value is -1.07. The van der Waals surface area contributed by atoms with Gasteiger partial charge in [0.25, 0.3) is 0 Å². The van der Waals surface area contributed by atoms with Gasteiger partial charge in [-0.15, -0.1) is 0 Å². The van der Waals surface area contributed by atoms with E-state index in [-0.39, 0.29) is 4.90 Å². The normalized spacial score (nSPS) is 48.4. The molecule has 1 unspecified atom stereocenters. The Morgan fingerprint density at radius 1 is 1.36 bits per heavy atom. The van der Waals surface area contributed by atoms with Crippen molar-refractivity contribution in [2.45, 2.75) is 58.5 Å². The van der Waals surface area contributed by atoms with Gasteiger partial charge in [0.1, 0.15) is 5.82 Å². The summed E-state index contributed by atoms with van der Waals surface area (Å²) in [5.74, 6) is -4.23. The van der Waals surface area contributed by atoms with Crippen LogP contribution in [0.2, 0.25) is 0 Å². The second kappa shape index (κ2) is 5.53. The van der Waals surface area contributed by atoms with Gasteiger partial charge >= 0.3 is 7.12 Å². The Balaban J connectivity index is 2.13. The van der Waals surface area contributed by atoms with Crippen LogP contribution in [0.1, 0.15) is 63.7 Å². The molecule has 3 heterocycles. The standard InChI is InChI=1S/C17H27BN2O2/c1-13-7-6-10-20(12-13)15-9-8-14(11-19-15)18-21-16(2,3)17(4,5)22-18/h8-9,11,13H,6-7,10,12H2,1-5H3/i1D3,6D2,7D2,10D2,12D2,13D. The Bertz CT molecular complexity index is 950. The molecule has 0 spiro atoms. The highest BCUT2D eigenvalue weighted by Crippen LogP contribution is 2.36. The minimum atomic E-state index is -3.75. The number of piperidine rings is 1. The molecule has 1 aromatic rings. The third kappa shape index (κ3) is 2.89. The summed E-state index contributed by atoms with van der Waals surface area (Å²) in [6.07, 6.45) is -6.17. The van der Waals surface area contributed by atoms with Crippen LogP contribution in [0.4, 0.5) is 5.82 Å². The summed E-state index contributed by atoms with van der Waals surface area (Å²) in [6, 6.07) is 2.52. The Morgan fingerprint density at radius 3 is 2.68 bits per heavy atom. The van der Waals surface area contributed by atoms with Crippen LogP contribution in [0.3, 0.4) is 0 Å². The molecule has 0 bridgehead atoms. The Morgan fingerprint density at radius 2 is 2.09 bits per heavy atom. The number of hydrogen-bond donors (Lipinski definition) is 0. The average molecular weight is 314 g/mol. The Labute approximate surface area is 151 Å². The van der Waals surface area contributed by atoms with Crippen molar-refractivity contribution in [3.05, 3.63) is 18.3 Å². The molecule has 0 aliphatic carbocycles. The minimum absolute atomic E-state index is 0.106. The molecular formula is C17H27BN2O2. The zero-order valence-corrected chi connectivity index (χ0v) is 13.0. The van der Waals surface area contributed by atoms with E-state index in [9.17, 15) is 0 Å². The van der Waals surface area contributed by atoms with Crippen LogP contribution < -0.4 is 10.4 Å². The lowest BCUT2D eigenvalue weighted by Gasteiger charge is -2.32. The van der Waals surface area contributed by atoms with E-state index in [2.05, 4.69) is 4.98 Å². The number of nitrogens with zero attached hydrogens (tertiary/aromatic N) is 2. The number of pyridine rings is 1. The predicted octanol–water partition coefficient (Wildman–Crippen LogP) is 2.62. The highest BCUT2D eigenvalue weighted by atomic mass is 16.7. The summed E-state index contributed by atoms with van der Waals surface area (Å²) in [5.41, 5.74) is -0.929. The first-order chi connectivity index (χ1) is 14.9. The van der Waals surface area contributed by atoms with Crippen molar-refractivity contribution in [1.82, 2.24) is 4.98 Å². The molecule has 0 radical (unpaired) electrons. The zero-order chi connectivity index (χ0) is 26.6. The predicted molar refractivity (Wildman–Crippen MR) is 90.6 cm³/mol. The third-order valence-corrected chi connectivity index (χ3v) is 4.10. The van der Waals surface area contributed by atoms with Gasteiger partial charge < -0.3 is 14.2 Å². The fourth-order valence-corrected chi connectivity index (χ4v) is 2.08. The van der Waals surface area contributed by atoms with E-state index in [1.807, 2.05) is 27.7 Å². The van der Waals surface area contributed by atoms with E-state index in [1.165, 1.54) is 12.3 Å². The van der Waals surface area contributed by atoms with Crippen molar-refractivity contribution >= 4 is 18.4 Å². The van der Waals surface area contributed by atoms with Gasteiger partial charge in [0.15, 0.2) is 0 Å². The summed E-state index contributed by atoms with van der Waals surface area (Å²) in [7, 11) is -0.848. The van der Waals surface area contributed by atoms with Crippen LogP contribution in [0, 0.1) is 5.89 Å². The minimum Gasteiger partial charge on any atom is -0.399 e. The highest BCUT2D eigenvalue weighted by Gasteiger charge is 2.51. The monoisotopic (exact) mass is 314 g/mol. The molecule has 2 aliphatic rings. The smallest absolute Gasteiger partial charge is 0.399 e. The van der Waals surface area contributed by atoms with Crippen molar-refractivity contribution in [2.24, 2.45) is 5.89 Å². The number of hydrogen-bond acceptors (Lipinski definition) is 4. The van der Waals surface area contributed by atoms with E-state index in [0.29, 0.717) is 5.46 Å². The lowest BCUT2D eigenvalue weighted by atomic mass is 9.80. The van der Waals surface area contributed by atoms with Crippen LogP contribution in [0.25, 0.3) is 0 Å². The summed E-state index contributed by atoms with van der Waals surface area (Å²) < 4.78 is 109. The van der Waals surface area contributed by atoms with Crippen molar-refractivity contribution in [1.29, 1.82) is 0 Å². The molecule has 2 fully saturated rings. The molecular weight excluding hydrogens is 275 g/mol. The first kappa shape index (κ1) is 6.82. The van der Waals surface area contributed by atoms with Crippen LogP contribution in [-0.4, -0.2) is 36.3 Å². The quantitative estimate of drug-likeness (QED) is 0.786. The van der Waals surface area contributed by atoms with E-state index < -0.39 is 62.6 Å². The van der Waals surface area contributed by atoms with Crippen LogP contribution >= 0.6 is 0 Å². The van der Waals surface area contributed by atoms with E-state index in [0.717, 1.165) is 6.07 Å². The zero-order valence-electron chi connectivity index (χ0n) is 25.0. The lowest BCUT2D eigenvalue weighted by Crippen LogP contribution is -2.41. The molecule has 5 heteroatoms. The first-order valence-electron chi connectivity index (χ1n) is 13.0. The SMILES string of the molecule is [2H]C([2H])([2H])C1([2H])C([2H])([2H])N(c2ccc(B3OC(C)(C)C(C)(C)O3)cn2)C([2H])([2H])C([2H])([2H])C1([2H])[2H]. The van der Waals surface area contributed by atoms with Gasteiger partial charge in [0.05, 0.1) is 11.2 Å². The lowest BCUT2D eigenvalue weighted by molar-refractivity contribution is 0.00578. The topological polar surface area (TPSA) is 34.6 Å². The third-order valence-electron chi connectivity index (χ3n) is 4.10. The molecule has 0 aromatic carbocycles.